The summed E-state index contributed by atoms with van der Waals surface area (Å²) in [5.41, 5.74) is 2.27. The predicted molar refractivity (Wildman–Crippen MR) is 111 cm³/mol. The lowest BCUT2D eigenvalue weighted by Gasteiger charge is -2.20. The molecule has 1 aliphatic rings. The van der Waals surface area contributed by atoms with E-state index in [0.29, 0.717) is 25.3 Å². The molecule has 0 saturated carbocycles. The van der Waals surface area contributed by atoms with E-state index in [4.69, 9.17) is 9.47 Å². The molecule has 2 aromatic carbocycles. The Bertz CT molecular complexity index is 911. The van der Waals surface area contributed by atoms with Gasteiger partial charge in [-0.05, 0) is 35.1 Å². The number of nitrogens with zero attached hydrogens (tertiary/aromatic N) is 1. The average molecular weight is 398 g/mol. The summed E-state index contributed by atoms with van der Waals surface area (Å²) in [5, 5.41) is 14.7. The summed E-state index contributed by atoms with van der Waals surface area (Å²) in [6.07, 6.45) is 0.618. The van der Waals surface area contributed by atoms with Gasteiger partial charge in [-0.2, -0.15) is 0 Å². The fourth-order valence-corrected chi connectivity index (χ4v) is 3.46. The van der Waals surface area contributed by atoms with Crippen molar-refractivity contribution in [2.24, 2.45) is 0 Å². The van der Waals surface area contributed by atoms with Gasteiger partial charge in [0.15, 0.2) is 5.75 Å². The van der Waals surface area contributed by atoms with Gasteiger partial charge in [0.2, 0.25) is 5.75 Å². The molecule has 2 aromatic rings. The van der Waals surface area contributed by atoms with Crippen molar-refractivity contribution in [2.45, 2.75) is 46.0 Å². The highest BCUT2D eigenvalue weighted by atomic mass is 16.6. The maximum atomic E-state index is 13.1. The maximum absolute atomic E-state index is 13.1. The molecule has 29 heavy (non-hydrogen) atoms. The second-order valence-electron chi connectivity index (χ2n) is 7.67. The largest absolute Gasteiger partial charge is 0.489 e. The van der Waals surface area contributed by atoms with Crippen LogP contribution in [0.5, 0.6) is 11.5 Å². The first-order chi connectivity index (χ1) is 13.8. The van der Waals surface area contributed by atoms with Crippen LogP contribution in [0.15, 0.2) is 30.3 Å². The Balaban J connectivity index is 2.07. The molecule has 0 bridgehead atoms. The third-order valence-electron chi connectivity index (χ3n) is 4.93. The Morgan fingerprint density at radius 1 is 1.03 bits per heavy atom. The van der Waals surface area contributed by atoms with E-state index in [-0.39, 0.29) is 34.6 Å². The second kappa shape index (κ2) is 8.51. The standard InChI is InChI=1S/C22H26N2O5/c1-13(2)15-7-5-8-16(14(3)4)19(15)23-22(25)17-9-10-18-21(20(17)24(26)27)29-12-6-11-28-18/h5,7-10,13-14H,6,11-12H2,1-4H3,(H,23,25). The van der Waals surface area contributed by atoms with Crippen LogP contribution in [-0.2, 0) is 0 Å². The van der Waals surface area contributed by atoms with Crippen molar-refractivity contribution in [3.63, 3.8) is 0 Å². The molecule has 1 N–H and O–H groups in total. The number of rotatable bonds is 5. The quantitative estimate of drug-likeness (QED) is 0.548. The summed E-state index contributed by atoms with van der Waals surface area (Å²) in [4.78, 5) is 24.4. The molecule has 0 aromatic heterocycles. The van der Waals surface area contributed by atoms with Crippen LogP contribution in [0.1, 0.15) is 67.4 Å². The summed E-state index contributed by atoms with van der Waals surface area (Å²) < 4.78 is 11.1. The number of nitro benzene ring substituents is 1. The lowest BCUT2D eigenvalue weighted by Crippen LogP contribution is -2.18. The number of amides is 1. The number of ether oxygens (including phenoxy) is 2. The van der Waals surface area contributed by atoms with Crippen molar-refractivity contribution in [1.82, 2.24) is 0 Å². The number of hydrogen-bond donors (Lipinski definition) is 1. The van der Waals surface area contributed by atoms with Gasteiger partial charge in [-0.1, -0.05) is 45.9 Å². The molecular weight excluding hydrogens is 372 g/mol. The minimum Gasteiger partial charge on any atom is -0.489 e. The molecule has 1 amide bonds. The smallest absolute Gasteiger partial charge is 0.327 e. The van der Waals surface area contributed by atoms with Gasteiger partial charge in [-0.15, -0.1) is 0 Å². The van der Waals surface area contributed by atoms with E-state index in [1.807, 2.05) is 45.9 Å². The van der Waals surface area contributed by atoms with Crippen LogP contribution in [0.4, 0.5) is 11.4 Å². The van der Waals surface area contributed by atoms with Gasteiger partial charge >= 0.3 is 5.69 Å². The van der Waals surface area contributed by atoms with Crippen LogP contribution >= 0.6 is 0 Å². The Labute approximate surface area is 170 Å². The van der Waals surface area contributed by atoms with Gasteiger partial charge in [0.1, 0.15) is 5.56 Å². The van der Waals surface area contributed by atoms with Gasteiger partial charge in [0.25, 0.3) is 5.91 Å². The summed E-state index contributed by atoms with van der Waals surface area (Å²) in [6.45, 7) is 8.90. The van der Waals surface area contributed by atoms with Crippen molar-refractivity contribution >= 4 is 17.3 Å². The first kappa shape index (κ1) is 20.6. The number of fused-ring (bicyclic) bond motifs is 1. The monoisotopic (exact) mass is 398 g/mol. The molecule has 0 saturated heterocycles. The number of para-hydroxylation sites is 1. The Hall–Kier alpha value is -3.09. The number of hydrogen-bond acceptors (Lipinski definition) is 5. The molecular formula is C22H26N2O5. The van der Waals surface area contributed by atoms with Gasteiger partial charge in [-0.25, -0.2) is 0 Å². The lowest BCUT2D eigenvalue weighted by atomic mass is 9.92. The van der Waals surface area contributed by atoms with Crippen LogP contribution in [0.2, 0.25) is 0 Å². The lowest BCUT2D eigenvalue weighted by molar-refractivity contribution is -0.386. The number of carbonyl (C=O) groups excluding carboxylic acids is 1. The molecule has 7 heteroatoms. The van der Waals surface area contributed by atoms with Gasteiger partial charge < -0.3 is 14.8 Å². The van der Waals surface area contributed by atoms with Crippen molar-refractivity contribution in [3.8, 4) is 11.5 Å². The molecule has 0 aliphatic carbocycles. The summed E-state index contributed by atoms with van der Waals surface area (Å²) in [7, 11) is 0. The Kier molecular flexibility index (Phi) is 6.06. The molecule has 0 atom stereocenters. The summed E-state index contributed by atoms with van der Waals surface area (Å²) in [5.74, 6) is 0.130. The molecule has 1 heterocycles. The fraction of sp³-hybridized carbons (Fsp3) is 0.409. The predicted octanol–water partition coefficient (Wildman–Crippen LogP) is 5.26. The van der Waals surface area contributed by atoms with Crippen LogP contribution < -0.4 is 14.8 Å². The third kappa shape index (κ3) is 4.18. The van der Waals surface area contributed by atoms with Crippen LogP contribution in [0, 0.1) is 10.1 Å². The molecule has 7 nitrogen and oxygen atoms in total. The van der Waals surface area contributed by atoms with Gasteiger partial charge in [0, 0.05) is 12.1 Å². The van der Waals surface area contributed by atoms with E-state index in [9.17, 15) is 14.9 Å². The number of benzene rings is 2. The zero-order chi connectivity index (χ0) is 21.1. The SMILES string of the molecule is CC(C)c1cccc(C(C)C)c1NC(=O)c1ccc2c(c1[N+](=O)[O-])OCCCO2. The number of nitrogens with one attached hydrogen (secondary N) is 1. The molecule has 3 rings (SSSR count). The molecule has 0 spiro atoms. The third-order valence-corrected chi connectivity index (χ3v) is 4.93. The first-order valence-corrected chi connectivity index (χ1v) is 9.82. The Morgan fingerprint density at radius 3 is 2.24 bits per heavy atom. The average Bonchev–Trinajstić information content (AvgIpc) is 2.92. The minimum absolute atomic E-state index is 0.0152. The van der Waals surface area contributed by atoms with Crippen LogP contribution in [0.25, 0.3) is 0 Å². The number of nitro groups is 1. The zero-order valence-electron chi connectivity index (χ0n) is 17.2. The normalized spacial score (nSPS) is 13.3. The number of carbonyl (C=O) groups is 1. The topological polar surface area (TPSA) is 90.7 Å². The van der Waals surface area contributed by atoms with E-state index in [1.165, 1.54) is 6.07 Å². The molecule has 154 valence electrons. The molecule has 0 unspecified atom stereocenters. The van der Waals surface area contributed by atoms with Crippen molar-refractivity contribution in [2.75, 3.05) is 18.5 Å². The fourth-order valence-electron chi connectivity index (χ4n) is 3.46. The van der Waals surface area contributed by atoms with E-state index in [0.717, 1.165) is 11.1 Å². The highest BCUT2D eigenvalue weighted by Crippen LogP contribution is 2.42. The molecule has 0 radical (unpaired) electrons. The van der Waals surface area contributed by atoms with Gasteiger partial charge in [-0.3, -0.25) is 14.9 Å². The number of anilines is 1. The first-order valence-electron chi connectivity index (χ1n) is 9.82. The highest BCUT2D eigenvalue weighted by molar-refractivity contribution is 6.08. The highest BCUT2D eigenvalue weighted by Gasteiger charge is 2.31. The zero-order valence-corrected chi connectivity index (χ0v) is 17.2. The van der Waals surface area contributed by atoms with Crippen LogP contribution in [0.3, 0.4) is 0 Å². The summed E-state index contributed by atoms with van der Waals surface area (Å²) >= 11 is 0. The van der Waals surface area contributed by atoms with Crippen LogP contribution in [-0.4, -0.2) is 24.0 Å². The van der Waals surface area contributed by atoms with Crippen molar-refractivity contribution in [3.05, 3.63) is 57.1 Å². The van der Waals surface area contributed by atoms with E-state index >= 15 is 0 Å². The van der Waals surface area contributed by atoms with E-state index in [2.05, 4.69) is 5.32 Å². The minimum atomic E-state index is -0.583. The second-order valence-corrected chi connectivity index (χ2v) is 7.67. The van der Waals surface area contributed by atoms with E-state index in [1.54, 1.807) is 6.07 Å². The Morgan fingerprint density at radius 2 is 1.66 bits per heavy atom. The molecule has 0 fully saturated rings. The van der Waals surface area contributed by atoms with Crippen molar-refractivity contribution < 1.29 is 19.2 Å². The van der Waals surface area contributed by atoms with E-state index < -0.39 is 10.8 Å². The summed E-state index contributed by atoms with van der Waals surface area (Å²) in [6, 6.07) is 8.88. The van der Waals surface area contributed by atoms with Crippen molar-refractivity contribution in [1.29, 1.82) is 0 Å². The maximum Gasteiger partial charge on any atom is 0.327 e. The van der Waals surface area contributed by atoms with Gasteiger partial charge in [0.05, 0.1) is 18.1 Å². The molecule has 1 aliphatic heterocycles.